The van der Waals surface area contributed by atoms with Crippen molar-refractivity contribution in [2.75, 3.05) is 6.54 Å². The zero-order valence-corrected chi connectivity index (χ0v) is 14.0. The molecule has 0 heterocycles. The zero-order chi connectivity index (χ0) is 16.4. The standard InChI is InChI=1S/C19H29NO2/c1-15(2)10-6-4-9-13-18(21)20-14-16(3)19(22)17-11-7-5-8-12-17/h4-8,11-12,15-16,19,22H,9-10,13-14H2,1-3H3,(H,20,21)/t16-,19-/m1/s1. The number of aliphatic hydroxyl groups is 1. The van der Waals surface area contributed by atoms with Gasteiger partial charge in [0.15, 0.2) is 0 Å². The first-order valence-corrected chi connectivity index (χ1v) is 8.15. The topological polar surface area (TPSA) is 49.3 Å². The highest BCUT2D eigenvalue weighted by Crippen LogP contribution is 2.20. The van der Waals surface area contributed by atoms with Crippen LogP contribution in [0.15, 0.2) is 42.5 Å². The number of carbonyl (C=O) groups excluding carboxylic acids is 1. The minimum Gasteiger partial charge on any atom is -0.388 e. The van der Waals surface area contributed by atoms with E-state index in [4.69, 9.17) is 0 Å². The van der Waals surface area contributed by atoms with Crippen molar-refractivity contribution in [1.29, 1.82) is 0 Å². The van der Waals surface area contributed by atoms with Crippen molar-refractivity contribution in [3.63, 3.8) is 0 Å². The third-order valence-electron chi connectivity index (χ3n) is 3.61. The van der Waals surface area contributed by atoms with Crippen molar-refractivity contribution in [2.45, 2.75) is 46.1 Å². The fraction of sp³-hybridized carbons (Fsp3) is 0.526. The lowest BCUT2D eigenvalue weighted by Crippen LogP contribution is -2.30. The SMILES string of the molecule is CC(C)CC=CCCC(=O)NC[C@@H](C)[C@@H](O)c1ccccc1. The monoisotopic (exact) mass is 303 g/mol. The summed E-state index contributed by atoms with van der Waals surface area (Å²) in [6.07, 6.45) is 5.99. The van der Waals surface area contributed by atoms with Crippen LogP contribution in [-0.2, 0) is 4.79 Å². The molecule has 0 bridgehead atoms. The van der Waals surface area contributed by atoms with E-state index >= 15 is 0 Å². The Hall–Kier alpha value is -1.61. The number of amides is 1. The molecule has 0 saturated heterocycles. The van der Waals surface area contributed by atoms with E-state index in [9.17, 15) is 9.90 Å². The van der Waals surface area contributed by atoms with Crippen LogP contribution < -0.4 is 5.32 Å². The molecule has 1 amide bonds. The van der Waals surface area contributed by atoms with Gasteiger partial charge in [0.2, 0.25) is 5.91 Å². The summed E-state index contributed by atoms with van der Waals surface area (Å²) in [5, 5.41) is 13.1. The van der Waals surface area contributed by atoms with Crippen LogP contribution in [0.4, 0.5) is 0 Å². The Bertz CT molecular complexity index is 454. The highest BCUT2D eigenvalue weighted by molar-refractivity contribution is 5.75. The van der Waals surface area contributed by atoms with E-state index in [0.29, 0.717) is 18.9 Å². The fourth-order valence-electron chi connectivity index (χ4n) is 2.15. The predicted octanol–water partition coefficient (Wildman–Crippen LogP) is 3.85. The molecule has 3 heteroatoms. The number of carbonyl (C=O) groups is 1. The van der Waals surface area contributed by atoms with Gasteiger partial charge in [-0.3, -0.25) is 4.79 Å². The van der Waals surface area contributed by atoms with Crippen molar-refractivity contribution < 1.29 is 9.90 Å². The number of hydrogen-bond acceptors (Lipinski definition) is 2. The first kappa shape index (κ1) is 18.4. The Morgan fingerprint density at radius 3 is 2.50 bits per heavy atom. The summed E-state index contributed by atoms with van der Waals surface area (Å²) < 4.78 is 0. The molecule has 1 aromatic carbocycles. The van der Waals surface area contributed by atoms with E-state index < -0.39 is 6.10 Å². The molecule has 2 N–H and O–H groups in total. The van der Waals surface area contributed by atoms with Crippen molar-refractivity contribution in [3.05, 3.63) is 48.0 Å². The molecule has 0 aliphatic heterocycles. The Kier molecular flexibility index (Phi) is 8.53. The molecule has 0 radical (unpaired) electrons. The molecule has 1 aromatic rings. The van der Waals surface area contributed by atoms with Crippen molar-refractivity contribution in [2.24, 2.45) is 11.8 Å². The lowest BCUT2D eigenvalue weighted by Gasteiger charge is -2.19. The number of rotatable bonds is 9. The highest BCUT2D eigenvalue weighted by Gasteiger charge is 2.16. The molecular formula is C19H29NO2. The molecule has 122 valence electrons. The van der Waals surface area contributed by atoms with Gasteiger partial charge in [0.25, 0.3) is 0 Å². The number of allylic oxidation sites excluding steroid dienone is 2. The summed E-state index contributed by atoms with van der Waals surface area (Å²) in [7, 11) is 0. The van der Waals surface area contributed by atoms with Gasteiger partial charge in [0.1, 0.15) is 0 Å². The van der Waals surface area contributed by atoms with Gasteiger partial charge >= 0.3 is 0 Å². The molecule has 2 atom stereocenters. The molecule has 0 unspecified atom stereocenters. The second kappa shape index (κ2) is 10.2. The van der Waals surface area contributed by atoms with Gasteiger partial charge in [0.05, 0.1) is 6.10 Å². The van der Waals surface area contributed by atoms with Crippen LogP contribution in [0, 0.1) is 11.8 Å². The molecule has 22 heavy (non-hydrogen) atoms. The van der Waals surface area contributed by atoms with Crippen molar-refractivity contribution >= 4 is 5.91 Å². The van der Waals surface area contributed by atoms with Gasteiger partial charge in [-0.2, -0.15) is 0 Å². The summed E-state index contributed by atoms with van der Waals surface area (Å²) in [5.41, 5.74) is 0.890. The fourth-order valence-corrected chi connectivity index (χ4v) is 2.15. The van der Waals surface area contributed by atoms with Crippen LogP contribution in [0.1, 0.15) is 51.7 Å². The summed E-state index contributed by atoms with van der Waals surface area (Å²) in [6, 6.07) is 9.56. The second-order valence-electron chi connectivity index (χ2n) is 6.28. The predicted molar refractivity (Wildman–Crippen MR) is 91.4 cm³/mol. The van der Waals surface area contributed by atoms with Gasteiger partial charge in [-0.15, -0.1) is 0 Å². The van der Waals surface area contributed by atoms with Gasteiger partial charge < -0.3 is 10.4 Å². The largest absolute Gasteiger partial charge is 0.388 e. The van der Waals surface area contributed by atoms with E-state index in [0.717, 1.165) is 18.4 Å². The minimum absolute atomic E-state index is 0.0113. The normalized spacial score (nSPS) is 14.2. The van der Waals surface area contributed by atoms with E-state index in [-0.39, 0.29) is 11.8 Å². The Morgan fingerprint density at radius 1 is 1.18 bits per heavy atom. The molecule has 0 fully saturated rings. The number of nitrogens with one attached hydrogen (secondary N) is 1. The maximum Gasteiger partial charge on any atom is 0.220 e. The van der Waals surface area contributed by atoms with Crippen molar-refractivity contribution in [1.82, 2.24) is 5.32 Å². The van der Waals surface area contributed by atoms with E-state index in [1.165, 1.54) is 0 Å². The smallest absolute Gasteiger partial charge is 0.220 e. The molecule has 0 aliphatic rings. The van der Waals surface area contributed by atoms with Crippen LogP contribution in [0.5, 0.6) is 0 Å². The molecule has 0 aliphatic carbocycles. The Labute approximate surface area is 134 Å². The van der Waals surface area contributed by atoms with Crippen LogP contribution >= 0.6 is 0 Å². The van der Waals surface area contributed by atoms with Gasteiger partial charge in [0, 0.05) is 18.9 Å². The third-order valence-corrected chi connectivity index (χ3v) is 3.61. The van der Waals surface area contributed by atoms with Gasteiger partial charge in [-0.05, 0) is 24.3 Å². The summed E-state index contributed by atoms with van der Waals surface area (Å²) in [6.45, 7) is 6.79. The Balaban J connectivity index is 2.24. The van der Waals surface area contributed by atoms with Crippen LogP contribution in [-0.4, -0.2) is 17.6 Å². The van der Waals surface area contributed by atoms with E-state index in [1.807, 2.05) is 37.3 Å². The van der Waals surface area contributed by atoms with Crippen molar-refractivity contribution in [3.8, 4) is 0 Å². The maximum absolute atomic E-state index is 11.8. The molecule has 0 spiro atoms. The quantitative estimate of drug-likeness (QED) is 0.681. The third kappa shape index (κ3) is 7.41. The molecule has 1 rings (SSSR count). The first-order valence-electron chi connectivity index (χ1n) is 8.15. The molecule has 0 aromatic heterocycles. The van der Waals surface area contributed by atoms with Crippen LogP contribution in [0.3, 0.4) is 0 Å². The highest BCUT2D eigenvalue weighted by atomic mass is 16.3. The van der Waals surface area contributed by atoms with E-state index in [1.54, 1.807) is 0 Å². The maximum atomic E-state index is 11.8. The Morgan fingerprint density at radius 2 is 1.86 bits per heavy atom. The average molecular weight is 303 g/mol. The van der Waals surface area contributed by atoms with Gasteiger partial charge in [-0.25, -0.2) is 0 Å². The van der Waals surface area contributed by atoms with Gasteiger partial charge in [-0.1, -0.05) is 63.3 Å². The number of benzene rings is 1. The summed E-state index contributed by atoms with van der Waals surface area (Å²) in [5.74, 6) is 0.689. The minimum atomic E-state index is -0.549. The second-order valence-corrected chi connectivity index (χ2v) is 6.28. The lowest BCUT2D eigenvalue weighted by molar-refractivity contribution is -0.121. The van der Waals surface area contributed by atoms with E-state index in [2.05, 4.69) is 31.3 Å². The average Bonchev–Trinajstić information content (AvgIpc) is 2.52. The first-order chi connectivity index (χ1) is 10.5. The molecule has 0 saturated carbocycles. The number of aliphatic hydroxyl groups excluding tert-OH is 1. The number of hydrogen-bond donors (Lipinski definition) is 2. The lowest BCUT2D eigenvalue weighted by atomic mass is 9.97. The molecular weight excluding hydrogens is 274 g/mol. The molecule has 3 nitrogen and oxygen atoms in total. The zero-order valence-electron chi connectivity index (χ0n) is 14.0. The van der Waals surface area contributed by atoms with Crippen LogP contribution in [0.2, 0.25) is 0 Å². The summed E-state index contributed by atoms with van der Waals surface area (Å²) >= 11 is 0. The summed E-state index contributed by atoms with van der Waals surface area (Å²) in [4.78, 5) is 11.8. The van der Waals surface area contributed by atoms with Crippen LogP contribution in [0.25, 0.3) is 0 Å².